The Bertz CT molecular complexity index is 683. The number of carbonyl (C=O) groups is 1. The number of rotatable bonds is 4. The van der Waals surface area contributed by atoms with Crippen molar-refractivity contribution < 1.29 is 9.32 Å². The molecule has 0 N–H and O–H groups in total. The van der Waals surface area contributed by atoms with E-state index in [9.17, 15) is 4.79 Å². The maximum absolute atomic E-state index is 12.8. The van der Waals surface area contributed by atoms with Crippen LogP contribution in [-0.4, -0.2) is 37.1 Å². The quantitative estimate of drug-likeness (QED) is 0.853. The summed E-state index contributed by atoms with van der Waals surface area (Å²) >= 11 is 1.14. The molecule has 2 unspecified atom stereocenters. The minimum atomic E-state index is -0.150. The molecule has 0 bridgehead atoms. The Balaban J connectivity index is 1.85. The largest absolute Gasteiger partial charge is 0.337 e. The zero-order chi connectivity index (χ0) is 16.4. The van der Waals surface area contributed by atoms with Crippen LogP contribution in [0.3, 0.4) is 0 Å². The molecule has 0 aromatic carbocycles. The standard InChI is InChI=1S/C15H21N5O2S/c1-4-9(2)13-16-14(22-18-13)11-7-5-6-8-20(11)15(21)12-10(3)17-19-23-12/h9,11H,4-8H2,1-3H3. The molecule has 8 heteroatoms. The van der Waals surface area contributed by atoms with Gasteiger partial charge in [0.25, 0.3) is 5.91 Å². The normalized spacial score (nSPS) is 19.8. The topological polar surface area (TPSA) is 85.0 Å². The van der Waals surface area contributed by atoms with Gasteiger partial charge in [-0.2, -0.15) is 4.98 Å². The maximum atomic E-state index is 12.8. The average Bonchev–Trinajstić information content (AvgIpc) is 3.22. The van der Waals surface area contributed by atoms with Crippen LogP contribution in [0.2, 0.25) is 0 Å². The van der Waals surface area contributed by atoms with Crippen LogP contribution in [0.5, 0.6) is 0 Å². The maximum Gasteiger partial charge on any atom is 0.268 e. The summed E-state index contributed by atoms with van der Waals surface area (Å²) in [5.41, 5.74) is 0.676. The molecule has 0 aliphatic carbocycles. The number of nitrogens with zero attached hydrogens (tertiary/aromatic N) is 5. The Hall–Kier alpha value is -1.83. The minimum Gasteiger partial charge on any atom is -0.337 e. The van der Waals surface area contributed by atoms with Crippen LogP contribution in [0.15, 0.2) is 4.52 Å². The molecule has 1 fully saturated rings. The van der Waals surface area contributed by atoms with Gasteiger partial charge in [0.1, 0.15) is 10.9 Å². The highest BCUT2D eigenvalue weighted by atomic mass is 32.1. The van der Waals surface area contributed by atoms with Gasteiger partial charge >= 0.3 is 0 Å². The van der Waals surface area contributed by atoms with Crippen molar-refractivity contribution in [3.63, 3.8) is 0 Å². The molecular formula is C15H21N5O2S. The number of aromatic nitrogens is 4. The lowest BCUT2D eigenvalue weighted by Crippen LogP contribution is -2.38. The Morgan fingerprint density at radius 3 is 3.00 bits per heavy atom. The van der Waals surface area contributed by atoms with Crippen molar-refractivity contribution >= 4 is 17.4 Å². The van der Waals surface area contributed by atoms with Crippen molar-refractivity contribution in [3.05, 3.63) is 22.3 Å². The first-order valence-corrected chi connectivity index (χ1v) is 8.82. The van der Waals surface area contributed by atoms with Crippen LogP contribution in [-0.2, 0) is 0 Å². The summed E-state index contributed by atoms with van der Waals surface area (Å²) in [7, 11) is 0. The molecule has 1 aliphatic rings. The van der Waals surface area contributed by atoms with Gasteiger partial charge in [0, 0.05) is 12.5 Å². The molecule has 3 heterocycles. The first-order chi connectivity index (χ1) is 11.1. The van der Waals surface area contributed by atoms with E-state index in [4.69, 9.17) is 4.52 Å². The second-order valence-corrected chi connectivity index (χ2v) is 6.75. The molecule has 0 spiro atoms. The van der Waals surface area contributed by atoms with Gasteiger partial charge in [0.15, 0.2) is 5.82 Å². The van der Waals surface area contributed by atoms with Gasteiger partial charge in [-0.15, -0.1) is 5.10 Å². The number of likely N-dealkylation sites (tertiary alicyclic amines) is 1. The third-order valence-corrected chi connectivity index (χ3v) is 5.22. The Morgan fingerprint density at radius 2 is 2.30 bits per heavy atom. The molecule has 2 aromatic heterocycles. The molecule has 0 saturated carbocycles. The highest BCUT2D eigenvalue weighted by Crippen LogP contribution is 2.32. The van der Waals surface area contributed by atoms with Gasteiger partial charge in [0.2, 0.25) is 5.89 Å². The van der Waals surface area contributed by atoms with E-state index in [1.54, 1.807) is 0 Å². The lowest BCUT2D eigenvalue weighted by Gasteiger charge is -2.33. The van der Waals surface area contributed by atoms with Crippen LogP contribution in [0.4, 0.5) is 0 Å². The second kappa shape index (κ2) is 6.74. The highest BCUT2D eigenvalue weighted by molar-refractivity contribution is 7.07. The molecule has 2 atom stereocenters. The number of aryl methyl sites for hydroxylation is 1. The minimum absolute atomic E-state index is 0.0366. The summed E-state index contributed by atoms with van der Waals surface area (Å²) in [5, 5.41) is 8.03. The smallest absolute Gasteiger partial charge is 0.268 e. The first kappa shape index (κ1) is 16.0. The fourth-order valence-corrected chi connectivity index (χ4v) is 3.37. The third-order valence-electron chi connectivity index (χ3n) is 4.41. The van der Waals surface area contributed by atoms with Crippen LogP contribution < -0.4 is 0 Å². The van der Waals surface area contributed by atoms with Crippen molar-refractivity contribution in [2.45, 2.75) is 58.4 Å². The molecule has 124 valence electrons. The lowest BCUT2D eigenvalue weighted by atomic mass is 10.0. The number of amides is 1. The number of carbonyl (C=O) groups excluding carboxylic acids is 1. The van der Waals surface area contributed by atoms with Crippen molar-refractivity contribution in [2.75, 3.05) is 6.54 Å². The summed E-state index contributed by atoms with van der Waals surface area (Å²) in [6.45, 7) is 6.67. The molecule has 1 amide bonds. The second-order valence-electron chi connectivity index (χ2n) is 6.00. The van der Waals surface area contributed by atoms with Gasteiger partial charge in [0.05, 0.1) is 5.69 Å². The molecule has 1 aliphatic heterocycles. The highest BCUT2D eigenvalue weighted by Gasteiger charge is 2.34. The van der Waals surface area contributed by atoms with Crippen molar-refractivity contribution in [2.24, 2.45) is 0 Å². The van der Waals surface area contributed by atoms with Crippen LogP contribution >= 0.6 is 11.5 Å². The number of hydrogen-bond donors (Lipinski definition) is 0. The van der Waals surface area contributed by atoms with Gasteiger partial charge in [-0.25, -0.2) is 0 Å². The molecule has 1 saturated heterocycles. The summed E-state index contributed by atoms with van der Waals surface area (Å²) in [6.07, 6.45) is 3.84. The summed E-state index contributed by atoms with van der Waals surface area (Å²) in [5.74, 6) is 1.48. The Kier molecular flexibility index (Phi) is 4.70. The Morgan fingerprint density at radius 1 is 1.48 bits per heavy atom. The third kappa shape index (κ3) is 3.12. The van der Waals surface area contributed by atoms with Gasteiger partial charge in [-0.1, -0.05) is 23.5 Å². The Labute approximate surface area is 139 Å². The van der Waals surface area contributed by atoms with Gasteiger partial charge in [-0.05, 0) is 44.1 Å². The van der Waals surface area contributed by atoms with E-state index in [1.807, 2.05) is 11.8 Å². The van der Waals surface area contributed by atoms with Crippen LogP contribution in [0.1, 0.15) is 78.6 Å². The van der Waals surface area contributed by atoms with Crippen molar-refractivity contribution in [1.29, 1.82) is 0 Å². The van der Waals surface area contributed by atoms with E-state index in [1.165, 1.54) is 0 Å². The molecule has 23 heavy (non-hydrogen) atoms. The molecule has 7 nitrogen and oxygen atoms in total. The molecule has 0 radical (unpaired) electrons. The zero-order valence-corrected chi connectivity index (χ0v) is 14.5. The van der Waals surface area contributed by atoms with Gasteiger partial charge < -0.3 is 9.42 Å². The van der Waals surface area contributed by atoms with E-state index in [0.29, 0.717) is 23.0 Å². The summed E-state index contributed by atoms with van der Waals surface area (Å²) in [4.78, 5) is 19.8. The fourth-order valence-electron chi connectivity index (χ4n) is 2.75. The van der Waals surface area contributed by atoms with E-state index < -0.39 is 0 Å². The SMILES string of the molecule is CCC(C)c1noc(C2CCCCN2C(=O)c2snnc2C)n1. The van der Waals surface area contributed by atoms with Crippen LogP contribution in [0, 0.1) is 6.92 Å². The zero-order valence-electron chi connectivity index (χ0n) is 13.7. The van der Waals surface area contributed by atoms with E-state index in [2.05, 4.69) is 33.6 Å². The van der Waals surface area contributed by atoms with Crippen molar-refractivity contribution in [3.8, 4) is 0 Å². The predicted octanol–water partition coefficient (Wildman–Crippen LogP) is 3.11. The molecular weight excluding hydrogens is 314 g/mol. The summed E-state index contributed by atoms with van der Waals surface area (Å²) in [6, 6.07) is -0.150. The molecule has 2 aromatic rings. The first-order valence-electron chi connectivity index (χ1n) is 8.05. The van der Waals surface area contributed by atoms with Gasteiger partial charge in [-0.3, -0.25) is 4.79 Å². The predicted molar refractivity (Wildman–Crippen MR) is 85.3 cm³/mol. The van der Waals surface area contributed by atoms with E-state index in [-0.39, 0.29) is 17.9 Å². The van der Waals surface area contributed by atoms with Crippen LogP contribution in [0.25, 0.3) is 0 Å². The average molecular weight is 335 g/mol. The fraction of sp³-hybridized carbons (Fsp3) is 0.667. The summed E-state index contributed by atoms with van der Waals surface area (Å²) < 4.78 is 9.34. The van der Waals surface area contributed by atoms with E-state index in [0.717, 1.165) is 43.0 Å². The monoisotopic (exact) mass is 335 g/mol. The lowest BCUT2D eigenvalue weighted by molar-refractivity contribution is 0.0565. The van der Waals surface area contributed by atoms with Crippen molar-refractivity contribution in [1.82, 2.24) is 24.6 Å². The number of piperidine rings is 1. The number of hydrogen-bond acceptors (Lipinski definition) is 7. The van der Waals surface area contributed by atoms with E-state index >= 15 is 0 Å². The molecule has 3 rings (SSSR count).